The van der Waals surface area contributed by atoms with Crippen molar-refractivity contribution in [2.45, 2.75) is 27.7 Å². The van der Waals surface area contributed by atoms with E-state index in [1.807, 2.05) is 54.7 Å². The Bertz CT molecular complexity index is 1530. The lowest BCUT2D eigenvalue weighted by molar-refractivity contribution is 1.05. The van der Waals surface area contributed by atoms with Crippen molar-refractivity contribution in [2.75, 3.05) is 0 Å². The Morgan fingerprint density at radius 1 is 0.471 bits per heavy atom. The molecule has 0 spiro atoms. The first-order chi connectivity index (χ1) is 16.4. The van der Waals surface area contributed by atoms with E-state index in [1.54, 1.807) is 0 Å². The van der Waals surface area contributed by atoms with Crippen LogP contribution in [0.1, 0.15) is 28.1 Å². The quantitative estimate of drug-likeness (QED) is 0.549. The van der Waals surface area contributed by atoms with E-state index in [0.29, 0.717) is 0 Å². The van der Waals surface area contributed by atoms with Crippen LogP contribution in [0.5, 0.6) is 0 Å². The third kappa shape index (κ3) is 3.55. The second-order valence-electron chi connectivity index (χ2n) is 8.85. The molecular weight excluding hydrogens is 418 g/mol. The second kappa shape index (κ2) is 7.66. The Balaban J connectivity index is 1.55. The number of rotatable bonds is 1. The van der Waals surface area contributed by atoms with E-state index in [4.69, 9.17) is 20.0 Å². The molecule has 0 radical (unpaired) electrons. The predicted octanol–water partition coefficient (Wildman–Crippen LogP) is 5.73. The normalized spacial score (nSPS) is 19.8. The number of aryl methyl sites for hydroxylation is 2. The molecule has 0 saturated carbocycles. The molecule has 0 N–H and O–H groups in total. The number of pyridine rings is 1. The Kier molecular flexibility index (Phi) is 4.59. The molecular formula is C29H23N5. The minimum atomic E-state index is 0.870. The standard InChI is InChI=1S/C29H23N5/c1-16-18(3)30-19(4)17(2)29(16)27-14-26-13-24-8-7-22(32-24)11-20-5-6-21(31-20)12-23-9-10-25(33-23)15-28(27)34-26/h5-15H,1-4H3. The third-order valence-electron chi connectivity index (χ3n) is 6.48. The van der Waals surface area contributed by atoms with Gasteiger partial charge in [0.05, 0.1) is 45.6 Å². The molecule has 0 unspecified atom stereocenters. The van der Waals surface area contributed by atoms with Gasteiger partial charge in [0.15, 0.2) is 0 Å². The lowest BCUT2D eigenvalue weighted by atomic mass is 9.91. The van der Waals surface area contributed by atoms with Crippen LogP contribution >= 0.6 is 0 Å². The summed E-state index contributed by atoms with van der Waals surface area (Å²) in [6, 6.07) is 0. The maximum Gasteiger partial charge on any atom is 0.0737 e. The molecule has 5 aliphatic rings. The number of nitrogens with zero attached hydrogens (tertiary/aromatic N) is 5. The first-order valence-electron chi connectivity index (χ1n) is 11.4. The fourth-order valence-corrected chi connectivity index (χ4v) is 4.56. The van der Waals surface area contributed by atoms with Crippen molar-refractivity contribution in [1.29, 1.82) is 0 Å². The SMILES string of the molecule is Cc1nc(C)c(C)c(C2=CC3=CC4=NC(=CC5=NC(=CC6=NC(=CC2=N3)C=C6)C=C5)C=C4)c1C. The zero-order chi connectivity index (χ0) is 23.4. The molecule has 0 aromatic carbocycles. The molecule has 5 heteroatoms. The van der Waals surface area contributed by atoms with Gasteiger partial charge >= 0.3 is 0 Å². The topological polar surface area (TPSA) is 62.3 Å². The van der Waals surface area contributed by atoms with Crippen molar-refractivity contribution < 1.29 is 0 Å². The Labute approximate surface area is 198 Å². The van der Waals surface area contributed by atoms with Gasteiger partial charge in [0.25, 0.3) is 0 Å². The van der Waals surface area contributed by atoms with E-state index >= 15 is 0 Å². The van der Waals surface area contributed by atoms with E-state index < -0.39 is 0 Å². The summed E-state index contributed by atoms with van der Waals surface area (Å²) in [4.78, 5) is 23.9. The Hall–Kier alpha value is -4.25. The van der Waals surface area contributed by atoms with Crippen LogP contribution in [0.4, 0.5) is 0 Å². The van der Waals surface area contributed by atoms with Gasteiger partial charge in [-0.2, -0.15) is 0 Å². The highest BCUT2D eigenvalue weighted by Gasteiger charge is 2.22. The average molecular weight is 442 g/mol. The highest BCUT2D eigenvalue weighted by molar-refractivity contribution is 6.33. The second-order valence-corrected chi connectivity index (χ2v) is 8.85. The molecule has 1 aromatic rings. The van der Waals surface area contributed by atoms with Gasteiger partial charge in [0, 0.05) is 17.0 Å². The maximum atomic E-state index is 4.99. The van der Waals surface area contributed by atoms with Crippen LogP contribution in [0, 0.1) is 27.7 Å². The van der Waals surface area contributed by atoms with Gasteiger partial charge < -0.3 is 0 Å². The predicted molar refractivity (Wildman–Crippen MR) is 141 cm³/mol. The van der Waals surface area contributed by atoms with Crippen LogP contribution < -0.4 is 0 Å². The number of hydrogen-bond acceptors (Lipinski definition) is 5. The van der Waals surface area contributed by atoms with Gasteiger partial charge in [0.2, 0.25) is 0 Å². The molecule has 0 saturated heterocycles. The van der Waals surface area contributed by atoms with Gasteiger partial charge in [-0.3, -0.25) is 4.98 Å². The fourth-order valence-electron chi connectivity index (χ4n) is 4.56. The van der Waals surface area contributed by atoms with Gasteiger partial charge in [0.1, 0.15) is 0 Å². The van der Waals surface area contributed by atoms with Crippen LogP contribution in [0.2, 0.25) is 0 Å². The molecule has 5 aliphatic heterocycles. The third-order valence-corrected chi connectivity index (χ3v) is 6.48. The number of aromatic nitrogens is 1. The average Bonchev–Trinajstić information content (AvgIpc) is 3.58. The summed E-state index contributed by atoms with van der Waals surface area (Å²) in [5.41, 5.74) is 13.7. The van der Waals surface area contributed by atoms with Crippen molar-refractivity contribution in [3.05, 3.63) is 118 Å². The van der Waals surface area contributed by atoms with Crippen LogP contribution in [0.25, 0.3) is 5.57 Å². The Morgan fingerprint density at radius 2 is 0.941 bits per heavy atom. The summed E-state index contributed by atoms with van der Waals surface area (Å²) in [5, 5.41) is 0. The highest BCUT2D eigenvalue weighted by atomic mass is 14.8. The number of allylic oxidation sites excluding steroid dienone is 12. The van der Waals surface area contributed by atoms with Crippen LogP contribution in [0.3, 0.4) is 0 Å². The smallest absolute Gasteiger partial charge is 0.0737 e. The zero-order valence-electron chi connectivity index (χ0n) is 19.6. The van der Waals surface area contributed by atoms with Crippen molar-refractivity contribution >= 4 is 28.4 Å². The van der Waals surface area contributed by atoms with E-state index in [2.05, 4.69) is 44.8 Å². The molecule has 5 nitrogen and oxygen atoms in total. The largest absolute Gasteiger partial charge is 0.258 e. The highest BCUT2D eigenvalue weighted by Crippen LogP contribution is 2.34. The molecule has 6 rings (SSSR count). The van der Waals surface area contributed by atoms with Crippen molar-refractivity contribution in [1.82, 2.24) is 4.98 Å². The monoisotopic (exact) mass is 441 g/mol. The van der Waals surface area contributed by atoms with Crippen molar-refractivity contribution in [3.8, 4) is 0 Å². The summed E-state index contributed by atoms with van der Waals surface area (Å²) in [6.45, 7) is 8.40. The van der Waals surface area contributed by atoms with Gasteiger partial charge in [-0.25, -0.2) is 20.0 Å². The lowest BCUT2D eigenvalue weighted by Gasteiger charge is -2.15. The van der Waals surface area contributed by atoms with E-state index in [0.717, 1.165) is 62.6 Å². The maximum absolute atomic E-state index is 4.99. The molecule has 34 heavy (non-hydrogen) atoms. The van der Waals surface area contributed by atoms with Gasteiger partial charge in [-0.1, -0.05) is 0 Å². The number of aliphatic imine (C=N–C) groups is 4. The summed E-state index contributed by atoms with van der Waals surface area (Å²) >= 11 is 0. The molecule has 8 bridgehead atoms. The van der Waals surface area contributed by atoms with E-state index in [1.165, 1.54) is 16.7 Å². The van der Waals surface area contributed by atoms with Gasteiger partial charge in [-0.05, 0) is 111 Å². The first-order valence-corrected chi connectivity index (χ1v) is 11.4. The van der Waals surface area contributed by atoms with Crippen LogP contribution in [0.15, 0.2) is 110 Å². The van der Waals surface area contributed by atoms with Crippen LogP contribution in [-0.4, -0.2) is 27.8 Å². The fraction of sp³-hybridized carbons (Fsp3) is 0.138. The lowest BCUT2D eigenvalue weighted by Crippen LogP contribution is -2.06. The molecule has 0 aliphatic carbocycles. The van der Waals surface area contributed by atoms with Crippen molar-refractivity contribution in [2.24, 2.45) is 20.0 Å². The molecule has 1 aromatic heterocycles. The summed E-state index contributed by atoms with van der Waals surface area (Å²) in [5.74, 6) is 0. The number of fused-ring (bicyclic) bond motifs is 4. The zero-order valence-corrected chi connectivity index (χ0v) is 19.6. The molecule has 0 fully saturated rings. The molecule has 164 valence electrons. The molecule has 0 atom stereocenters. The van der Waals surface area contributed by atoms with Gasteiger partial charge in [-0.15, -0.1) is 0 Å². The summed E-state index contributed by atoms with van der Waals surface area (Å²) in [7, 11) is 0. The molecule has 6 heterocycles. The molecule has 0 amide bonds. The first kappa shape index (κ1) is 20.4. The summed E-state index contributed by atoms with van der Waals surface area (Å²) < 4.78 is 0. The van der Waals surface area contributed by atoms with E-state index in [9.17, 15) is 0 Å². The van der Waals surface area contributed by atoms with E-state index in [-0.39, 0.29) is 0 Å². The minimum Gasteiger partial charge on any atom is -0.258 e. The van der Waals surface area contributed by atoms with Crippen LogP contribution in [-0.2, 0) is 0 Å². The summed E-state index contributed by atoms with van der Waals surface area (Å²) in [6.07, 6.45) is 22.3. The van der Waals surface area contributed by atoms with Crippen molar-refractivity contribution in [3.63, 3.8) is 0 Å². The number of hydrogen-bond donors (Lipinski definition) is 0. The Morgan fingerprint density at radius 3 is 1.47 bits per heavy atom. The minimum absolute atomic E-state index is 0.870.